The second-order valence-electron chi connectivity index (χ2n) is 3.34. The molecule has 1 aromatic carbocycles. The van der Waals surface area contributed by atoms with Gasteiger partial charge in [-0.1, -0.05) is 18.2 Å². The lowest BCUT2D eigenvalue weighted by molar-refractivity contribution is 0.410. The molecule has 17 heavy (non-hydrogen) atoms. The van der Waals surface area contributed by atoms with E-state index in [1.165, 1.54) is 6.20 Å². The highest BCUT2D eigenvalue weighted by Crippen LogP contribution is 2.17. The van der Waals surface area contributed by atoms with E-state index in [1.807, 2.05) is 24.3 Å². The first-order valence-corrected chi connectivity index (χ1v) is 5.07. The van der Waals surface area contributed by atoms with Crippen LogP contribution in [-0.2, 0) is 6.54 Å². The smallest absolute Gasteiger partial charge is 0.363 e. The summed E-state index contributed by atoms with van der Waals surface area (Å²) in [5, 5.41) is 8.86. The number of methoxy groups -OCH3 is 1. The van der Waals surface area contributed by atoms with Crippen molar-refractivity contribution in [2.24, 2.45) is 0 Å². The number of hydrogen-bond donors (Lipinski definition) is 2. The van der Waals surface area contributed by atoms with Crippen LogP contribution >= 0.6 is 0 Å². The predicted octanol–water partition coefficient (Wildman–Crippen LogP) is 0.786. The third-order valence-electron chi connectivity index (χ3n) is 2.22. The Labute approximate surface area is 97.7 Å². The minimum Gasteiger partial charge on any atom is -0.496 e. The summed E-state index contributed by atoms with van der Waals surface area (Å²) in [6.45, 7) is 0.516. The number of anilines is 1. The SMILES string of the molecule is COc1ccccc1CNc1cn[nH]c(=O)n1. The number of rotatable bonds is 4. The van der Waals surface area contributed by atoms with Crippen LogP contribution in [0.1, 0.15) is 5.56 Å². The zero-order valence-corrected chi connectivity index (χ0v) is 9.30. The minimum absolute atomic E-state index is 0.430. The summed E-state index contributed by atoms with van der Waals surface area (Å²) < 4.78 is 5.21. The molecule has 2 rings (SSSR count). The fraction of sp³-hybridized carbons (Fsp3) is 0.182. The van der Waals surface area contributed by atoms with E-state index in [0.29, 0.717) is 12.4 Å². The molecular formula is C11H12N4O2. The van der Waals surface area contributed by atoms with Crippen LogP contribution in [0.2, 0.25) is 0 Å². The van der Waals surface area contributed by atoms with E-state index in [2.05, 4.69) is 20.5 Å². The van der Waals surface area contributed by atoms with Crippen molar-refractivity contribution < 1.29 is 4.74 Å². The maximum atomic E-state index is 10.9. The molecule has 0 fully saturated rings. The summed E-state index contributed by atoms with van der Waals surface area (Å²) >= 11 is 0. The van der Waals surface area contributed by atoms with Crippen LogP contribution < -0.4 is 15.7 Å². The number of aromatic amines is 1. The molecule has 2 N–H and O–H groups in total. The molecule has 0 bridgehead atoms. The molecule has 6 heteroatoms. The maximum Gasteiger partial charge on any atom is 0.363 e. The highest BCUT2D eigenvalue weighted by Gasteiger charge is 2.02. The number of para-hydroxylation sites is 1. The van der Waals surface area contributed by atoms with Gasteiger partial charge in [-0.05, 0) is 6.07 Å². The van der Waals surface area contributed by atoms with Crippen molar-refractivity contribution in [1.29, 1.82) is 0 Å². The maximum absolute atomic E-state index is 10.9. The molecule has 0 spiro atoms. The zero-order valence-electron chi connectivity index (χ0n) is 9.30. The Morgan fingerprint density at radius 1 is 1.41 bits per heavy atom. The molecule has 2 aromatic rings. The van der Waals surface area contributed by atoms with E-state index < -0.39 is 5.69 Å². The van der Waals surface area contributed by atoms with E-state index in [-0.39, 0.29) is 0 Å². The van der Waals surface area contributed by atoms with Crippen LogP contribution in [0.15, 0.2) is 35.3 Å². The van der Waals surface area contributed by atoms with Crippen molar-refractivity contribution in [2.75, 3.05) is 12.4 Å². The summed E-state index contributed by atoms with van der Waals surface area (Å²) in [6, 6.07) is 7.63. The van der Waals surface area contributed by atoms with E-state index >= 15 is 0 Å². The average molecular weight is 232 g/mol. The van der Waals surface area contributed by atoms with Gasteiger partial charge in [-0.15, -0.1) is 0 Å². The molecule has 0 aliphatic carbocycles. The number of ether oxygens (including phenoxy) is 1. The Morgan fingerprint density at radius 2 is 2.24 bits per heavy atom. The van der Waals surface area contributed by atoms with Crippen molar-refractivity contribution in [2.45, 2.75) is 6.54 Å². The summed E-state index contributed by atoms with van der Waals surface area (Å²) in [5.74, 6) is 1.22. The lowest BCUT2D eigenvalue weighted by atomic mass is 10.2. The Bertz CT molecular complexity index is 553. The van der Waals surface area contributed by atoms with E-state index in [1.54, 1.807) is 7.11 Å². The predicted molar refractivity (Wildman–Crippen MR) is 63.0 cm³/mol. The highest BCUT2D eigenvalue weighted by atomic mass is 16.5. The van der Waals surface area contributed by atoms with Gasteiger partial charge >= 0.3 is 5.69 Å². The van der Waals surface area contributed by atoms with Gasteiger partial charge in [0.25, 0.3) is 0 Å². The van der Waals surface area contributed by atoms with Gasteiger partial charge in [-0.2, -0.15) is 10.1 Å². The van der Waals surface area contributed by atoms with Crippen molar-refractivity contribution in [3.05, 3.63) is 46.5 Å². The van der Waals surface area contributed by atoms with Crippen LogP contribution in [0.4, 0.5) is 5.82 Å². The third kappa shape index (κ3) is 2.81. The van der Waals surface area contributed by atoms with Crippen LogP contribution in [-0.4, -0.2) is 22.3 Å². The van der Waals surface area contributed by atoms with Crippen LogP contribution in [0.5, 0.6) is 5.75 Å². The Morgan fingerprint density at radius 3 is 3.00 bits per heavy atom. The topological polar surface area (TPSA) is 79.9 Å². The fourth-order valence-electron chi connectivity index (χ4n) is 1.43. The molecule has 0 saturated heterocycles. The van der Waals surface area contributed by atoms with Gasteiger partial charge in [-0.25, -0.2) is 9.89 Å². The van der Waals surface area contributed by atoms with Crippen LogP contribution in [0.25, 0.3) is 0 Å². The lowest BCUT2D eigenvalue weighted by Crippen LogP contribution is -2.14. The normalized spacial score (nSPS) is 9.94. The quantitative estimate of drug-likeness (QED) is 0.814. The first-order chi connectivity index (χ1) is 8.29. The standard InChI is InChI=1S/C11H12N4O2/c1-17-9-5-3-2-4-8(9)6-12-10-7-13-15-11(16)14-10/h2-5,7H,6H2,1H3,(H2,12,14,15,16). The monoisotopic (exact) mass is 232 g/mol. The van der Waals surface area contributed by atoms with Crippen molar-refractivity contribution in [3.63, 3.8) is 0 Å². The highest BCUT2D eigenvalue weighted by molar-refractivity contribution is 5.38. The number of nitrogens with zero attached hydrogens (tertiary/aromatic N) is 2. The summed E-state index contributed by atoms with van der Waals surface area (Å²) in [7, 11) is 1.62. The van der Waals surface area contributed by atoms with Gasteiger partial charge in [0.15, 0.2) is 5.82 Å². The molecule has 0 amide bonds. The molecule has 0 aliphatic rings. The van der Waals surface area contributed by atoms with Gasteiger partial charge in [0, 0.05) is 12.1 Å². The molecule has 0 saturated carbocycles. The molecule has 0 unspecified atom stereocenters. The van der Waals surface area contributed by atoms with E-state index in [9.17, 15) is 4.79 Å². The van der Waals surface area contributed by atoms with Gasteiger partial charge in [0.05, 0.1) is 13.3 Å². The second-order valence-corrected chi connectivity index (χ2v) is 3.34. The third-order valence-corrected chi connectivity index (χ3v) is 2.22. The van der Waals surface area contributed by atoms with Crippen LogP contribution in [0.3, 0.4) is 0 Å². The Balaban J connectivity index is 2.09. The summed E-state index contributed by atoms with van der Waals surface area (Å²) in [5.41, 5.74) is 0.507. The molecule has 0 atom stereocenters. The van der Waals surface area contributed by atoms with Crippen molar-refractivity contribution in [3.8, 4) is 5.75 Å². The summed E-state index contributed by atoms with van der Waals surface area (Å²) in [6.07, 6.45) is 1.46. The Kier molecular flexibility index (Phi) is 3.34. The number of aromatic nitrogens is 3. The van der Waals surface area contributed by atoms with E-state index in [0.717, 1.165) is 11.3 Å². The van der Waals surface area contributed by atoms with E-state index in [4.69, 9.17) is 4.74 Å². The molecule has 0 aliphatic heterocycles. The molecular weight excluding hydrogens is 220 g/mol. The van der Waals surface area contributed by atoms with Gasteiger partial charge in [0.1, 0.15) is 5.75 Å². The molecule has 88 valence electrons. The van der Waals surface area contributed by atoms with Crippen molar-refractivity contribution in [1.82, 2.24) is 15.2 Å². The molecule has 1 heterocycles. The minimum atomic E-state index is -0.477. The number of benzene rings is 1. The number of hydrogen-bond acceptors (Lipinski definition) is 5. The van der Waals surface area contributed by atoms with Gasteiger partial charge < -0.3 is 10.1 Å². The first-order valence-electron chi connectivity index (χ1n) is 5.07. The lowest BCUT2D eigenvalue weighted by Gasteiger charge is -2.08. The second kappa shape index (κ2) is 5.11. The number of H-pyrrole nitrogens is 1. The van der Waals surface area contributed by atoms with Crippen molar-refractivity contribution >= 4 is 5.82 Å². The molecule has 6 nitrogen and oxygen atoms in total. The van der Waals surface area contributed by atoms with Gasteiger partial charge in [0.2, 0.25) is 0 Å². The average Bonchev–Trinajstić information content (AvgIpc) is 2.37. The van der Waals surface area contributed by atoms with Crippen LogP contribution in [0, 0.1) is 0 Å². The Hall–Kier alpha value is -2.37. The molecule has 1 aromatic heterocycles. The fourth-order valence-corrected chi connectivity index (χ4v) is 1.43. The molecule has 0 radical (unpaired) electrons. The number of nitrogens with one attached hydrogen (secondary N) is 2. The van der Waals surface area contributed by atoms with Gasteiger partial charge in [-0.3, -0.25) is 0 Å². The first kappa shape index (κ1) is 11.1. The summed E-state index contributed by atoms with van der Waals surface area (Å²) in [4.78, 5) is 14.6. The largest absolute Gasteiger partial charge is 0.496 e. The zero-order chi connectivity index (χ0) is 12.1.